The highest BCUT2D eigenvalue weighted by atomic mass is 19.1. The molecule has 1 N–H and O–H groups in total. The lowest BCUT2D eigenvalue weighted by Gasteiger charge is -2.21. The number of hydrogen-bond donors (Lipinski definition) is 1. The van der Waals surface area contributed by atoms with Crippen molar-refractivity contribution in [3.63, 3.8) is 0 Å². The van der Waals surface area contributed by atoms with Crippen molar-refractivity contribution in [3.8, 4) is 0 Å². The van der Waals surface area contributed by atoms with Gasteiger partial charge in [-0.15, -0.1) is 0 Å². The first-order valence-corrected chi connectivity index (χ1v) is 6.81. The van der Waals surface area contributed by atoms with Crippen molar-refractivity contribution < 1.29 is 13.9 Å². The first-order valence-electron chi connectivity index (χ1n) is 6.81. The summed E-state index contributed by atoms with van der Waals surface area (Å²) in [6.07, 6.45) is -0.257. The second kappa shape index (κ2) is 8.25. The number of aryl methyl sites for hydroxylation is 1. The molecule has 0 aliphatic rings. The molecule has 0 aliphatic heterocycles. The fourth-order valence-corrected chi connectivity index (χ4v) is 1.81. The fourth-order valence-electron chi connectivity index (χ4n) is 1.81. The number of nitrogens with one attached hydrogen (secondary N) is 1. The van der Waals surface area contributed by atoms with Gasteiger partial charge in [0, 0.05) is 25.8 Å². The van der Waals surface area contributed by atoms with E-state index in [0.717, 1.165) is 5.56 Å². The number of ether oxygens (including phenoxy) is 2. The van der Waals surface area contributed by atoms with E-state index in [1.54, 1.807) is 19.1 Å². The predicted octanol–water partition coefficient (Wildman–Crippen LogP) is 3.18. The highest BCUT2D eigenvalue weighted by molar-refractivity contribution is 5.25. The molecular formula is C15H24FNO2. The maximum Gasteiger partial charge on any atom is 0.169 e. The number of halogens is 1. The van der Waals surface area contributed by atoms with Gasteiger partial charge in [0.25, 0.3) is 0 Å². The molecule has 0 radical (unpaired) electrons. The van der Waals surface area contributed by atoms with E-state index in [-0.39, 0.29) is 18.1 Å². The summed E-state index contributed by atoms with van der Waals surface area (Å²) in [6.45, 7) is 9.43. The molecule has 0 saturated carbocycles. The van der Waals surface area contributed by atoms with Crippen LogP contribution in [0.2, 0.25) is 0 Å². The molecule has 0 spiro atoms. The van der Waals surface area contributed by atoms with Gasteiger partial charge < -0.3 is 14.8 Å². The molecule has 19 heavy (non-hydrogen) atoms. The van der Waals surface area contributed by atoms with Crippen molar-refractivity contribution in [2.45, 2.75) is 40.0 Å². The van der Waals surface area contributed by atoms with Crippen LogP contribution in [0, 0.1) is 12.7 Å². The molecule has 0 saturated heterocycles. The van der Waals surface area contributed by atoms with E-state index in [0.29, 0.717) is 25.3 Å². The fraction of sp³-hybridized carbons (Fsp3) is 0.600. The van der Waals surface area contributed by atoms with Crippen LogP contribution in [0.1, 0.15) is 37.9 Å². The van der Waals surface area contributed by atoms with Crippen LogP contribution in [0.3, 0.4) is 0 Å². The number of hydrogen-bond acceptors (Lipinski definition) is 3. The van der Waals surface area contributed by atoms with Gasteiger partial charge in [-0.05, 0) is 44.9 Å². The second-order valence-electron chi connectivity index (χ2n) is 4.48. The molecule has 4 heteroatoms. The Morgan fingerprint density at radius 1 is 1.21 bits per heavy atom. The summed E-state index contributed by atoms with van der Waals surface area (Å²) >= 11 is 0. The summed E-state index contributed by atoms with van der Waals surface area (Å²) in [5.74, 6) is -0.169. The lowest BCUT2D eigenvalue weighted by molar-refractivity contribution is -0.133. The first kappa shape index (κ1) is 16.1. The largest absolute Gasteiger partial charge is 0.352 e. The van der Waals surface area contributed by atoms with Gasteiger partial charge in [0.05, 0.1) is 0 Å². The van der Waals surface area contributed by atoms with Crippen molar-refractivity contribution in [1.29, 1.82) is 0 Å². The van der Waals surface area contributed by atoms with Crippen molar-refractivity contribution >= 4 is 0 Å². The number of benzene rings is 1. The van der Waals surface area contributed by atoms with Gasteiger partial charge in [0.1, 0.15) is 5.82 Å². The van der Waals surface area contributed by atoms with Crippen LogP contribution in [-0.2, 0) is 9.47 Å². The third-order valence-electron chi connectivity index (χ3n) is 2.99. The maximum atomic E-state index is 13.5. The topological polar surface area (TPSA) is 30.5 Å². The third-order valence-corrected chi connectivity index (χ3v) is 2.99. The van der Waals surface area contributed by atoms with E-state index in [1.807, 2.05) is 26.8 Å². The average Bonchev–Trinajstić information content (AvgIpc) is 2.39. The summed E-state index contributed by atoms with van der Waals surface area (Å²) in [4.78, 5) is 0. The van der Waals surface area contributed by atoms with Crippen LogP contribution >= 0.6 is 0 Å². The zero-order chi connectivity index (χ0) is 14.3. The number of rotatable bonds is 8. The minimum Gasteiger partial charge on any atom is -0.352 e. The van der Waals surface area contributed by atoms with Crippen LogP contribution in [-0.4, -0.2) is 26.0 Å². The lowest BCUT2D eigenvalue weighted by atomic mass is 10.1. The van der Waals surface area contributed by atoms with Crippen LogP contribution in [0.5, 0.6) is 0 Å². The maximum absolute atomic E-state index is 13.5. The van der Waals surface area contributed by atoms with E-state index in [2.05, 4.69) is 5.32 Å². The standard InChI is InChI=1S/C15H24FNO2/c1-5-18-15(19-6-2)10-17-12(4)13-8-7-11(3)14(16)9-13/h7-9,12,15,17H,5-6,10H2,1-4H3. The molecule has 0 heterocycles. The lowest BCUT2D eigenvalue weighted by Crippen LogP contribution is -2.33. The van der Waals surface area contributed by atoms with Crippen molar-refractivity contribution in [2.75, 3.05) is 19.8 Å². The Morgan fingerprint density at radius 3 is 2.37 bits per heavy atom. The van der Waals surface area contributed by atoms with Gasteiger partial charge in [-0.25, -0.2) is 4.39 Å². The van der Waals surface area contributed by atoms with Crippen LogP contribution < -0.4 is 5.32 Å². The van der Waals surface area contributed by atoms with E-state index in [4.69, 9.17) is 9.47 Å². The Morgan fingerprint density at radius 2 is 1.84 bits per heavy atom. The normalized spacial score (nSPS) is 12.9. The highest BCUT2D eigenvalue weighted by Crippen LogP contribution is 2.16. The molecule has 0 fully saturated rings. The minimum atomic E-state index is -0.257. The Kier molecular flexibility index (Phi) is 6.99. The van der Waals surface area contributed by atoms with Crippen molar-refractivity contribution in [1.82, 2.24) is 5.32 Å². The summed E-state index contributed by atoms with van der Waals surface area (Å²) in [5.41, 5.74) is 1.59. The van der Waals surface area contributed by atoms with Crippen LogP contribution in [0.25, 0.3) is 0 Å². The zero-order valence-corrected chi connectivity index (χ0v) is 12.2. The van der Waals surface area contributed by atoms with Crippen molar-refractivity contribution in [2.24, 2.45) is 0 Å². The molecule has 0 aliphatic carbocycles. The first-order chi connectivity index (χ1) is 9.08. The highest BCUT2D eigenvalue weighted by Gasteiger charge is 2.12. The zero-order valence-electron chi connectivity index (χ0n) is 12.2. The van der Waals surface area contributed by atoms with E-state index >= 15 is 0 Å². The smallest absolute Gasteiger partial charge is 0.169 e. The molecule has 108 valence electrons. The third kappa shape index (κ3) is 5.27. The summed E-state index contributed by atoms with van der Waals surface area (Å²) in [7, 11) is 0. The molecule has 0 bridgehead atoms. The SMILES string of the molecule is CCOC(CNC(C)c1ccc(C)c(F)c1)OCC. The van der Waals surface area contributed by atoms with E-state index in [9.17, 15) is 4.39 Å². The monoisotopic (exact) mass is 269 g/mol. The van der Waals surface area contributed by atoms with Gasteiger partial charge in [0.2, 0.25) is 0 Å². The summed E-state index contributed by atoms with van der Waals surface area (Å²) < 4.78 is 24.4. The molecule has 1 unspecified atom stereocenters. The minimum absolute atomic E-state index is 0.0542. The molecule has 1 aromatic carbocycles. The summed E-state index contributed by atoms with van der Waals surface area (Å²) in [6, 6.07) is 5.36. The van der Waals surface area contributed by atoms with Crippen molar-refractivity contribution in [3.05, 3.63) is 35.1 Å². The van der Waals surface area contributed by atoms with Crippen LogP contribution in [0.15, 0.2) is 18.2 Å². The van der Waals surface area contributed by atoms with E-state index < -0.39 is 0 Å². The Hall–Kier alpha value is -0.970. The molecule has 1 rings (SSSR count). The Bertz CT molecular complexity index is 378. The average molecular weight is 269 g/mol. The van der Waals surface area contributed by atoms with Gasteiger partial charge in [-0.2, -0.15) is 0 Å². The van der Waals surface area contributed by atoms with Gasteiger partial charge in [0.15, 0.2) is 6.29 Å². The van der Waals surface area contributed by atoms with Gasteiger partial charge in [-0.3, -0.25) is 0 Å². The molecule has 1 atom stereocenters. The molecular weight excluding hydrogens is 245 g/mol. The molecule has 1 aromatic rings. The molecule has 0 amide bonds. The van der Waals surface area contributed by atoms with Crippen LogP contribution in [0.4, 0.5) is 4.39 Å². The predicted molar refractivity (Wildman–Crippen MR) is 74.6 cm³/mol. The van der Waals surface area contributed by atoms with Gasteiger partial charge in [-0.1, -0.05) is 12.1 Å². The Labute approximate surface area is 115 Å². The van der Waals surface area contributed by atoms with Gasteiger partial charge >= 0.3 is 0 Å². The molecule has 0 aromatic heterocycles. The van der Waals surface area contributed by atoms with E-state index in [1.165, 1.54) is 0 Å². The molecule has 3 nitrogen and oxygen atoms in total. The summed E-state index contributed by atoms with van der Waals surface area (Å²) in [5, 5.41) is 3.30. The Balaban J connectivity index is 2.53. The quantitative estimate of drug-likeness (QED) is 0.735. The second-order valence-corrected chi connectivity index (χ2v) is 4.48.